The standard InChI is InChI=1S/C33H41N5/c1-10-23(4)35-24(5)34-22-38(12-3)32-20-19-30(28-15-13-14-16-29(28)32)36-25(6)37-31-21-27(33(7,8)9)18-17-26(31)11-2/h10,12-21,36-37H,1,3,6,11,22H2,2,4-5,7-9H3/b34-24-,35-23?. The summed E-state index contributed by atoms with van der Waals surface area (Å²) in [6.07, 6.45) is 4.46. The second-order valence-corrected chi connectivity index (χ2v) is 10.3. The Morgan fingerprint density at radius 2 is 1.63 bits per heavy atom. The van der Waals surface area contributed by atoms with E-state index < -0.39 is 0 Å². The molecule has 0 bridgehead atoms. The van der Waals surface area contributed by atoms with Crippen LogP contribution in [0.4, 0.5) is 17.1 Å². The Labute approximate surface area is 228 Å². The van der Waals surface area contributed by atoms with E-state index in [1.54, 1.807) is 12.3 Å². The second-order valence-electron chi connectivity index (χ2n) is 10.3. The van der Waals surface area contributed by atoms with Crippen molar-refractivity contribution >= 4 is 39.4 Å². The fourth-order valence-corrected chi connectivity index (χ4v) is 4.21. The zero-order valence-corrected chi connectivity index (χ0v) is 23.7. The molecule has 0 aliphatic carbocycles. The summed E-state index contributed by atoms with van der Waals surface area (Å²) in [5.41, 5.74) is 6.52. The number of fused-ring (bicyclic) bond motifs is 1. The van der Waals surface area contributed by atoms with Crippen molar-refractivity contribution in [3.05, 3.63) is 104 Å². The number of allylic oxidation sites excluding steroid dienone is 1. The van der Waals surface area contributed by atoms with Crippen LogP contribution >= 0.6 is 0 Å². The van der Waals surface area contributed by atoms with E-state index in [9.17, 15) is 0 Å². The van der Waals surface area contributed by atoms with Gasteiger partial charge in [-0.3, -0.25) is 0 Å². The van der Waals surface area contributed by atoms with Crippen molar-refractivity contribution in [1.29, 1.82) is 0 Å². The van der Waals surface area contributed by atoms with Crippen LogP contribution in [0.2, 0.25) is 0 Å². The molecule has 0 amide bonds. The lowest BCUT2D eigenvalue weighted by Crippen LogP contribution is -2.17. The highest BCUT2D eigenvalue weighted by atomic mass is 15.2. The molecule has 3 aromatic rings. The minimum atomic E-state index is 0.0694. The Bertz CT molecular complexity index is 1390. The van der Waals surface area contributed by atoms with Crippen molar-refractivity contribution < 1.29 is 0 Å². The fraction of sp³-hybridized carbons (Fsp3) is 0.273. The van der Waals surface area contributed by atoms with Crippen LogP contribution in [0.1, 0.15) is 52.7 Å². The van der Waals surface area contributed by atoms with Gasteiger partial charge in [0.15, 0.2) is 0 Å². The predicted molar refractivity (Wildman–Crippen MR) is 169 cm³/mol. The van der Waals surface area contributed by atoms with Gasteiger partial charge in [0.1, 0.15) is 18.3 Å². The monoisotopic (exact) mass is 507 g/mol. The van der Waals surface area contributed by atoms with Crippen molar-refractivity contribution in [3.63, 3.8) is 0 Å². The molecule has 0 unspecified atom stereocenters. The maximum atomic E-state index is 4.62. The SMILES string of the molecule is C=CC(C)=N/C(C)=N\CN(C=C)c1ccc(NC(=C)Nc2cc(C(C)(C)C)ccc2CC)c2ccccc12. The van der Waals surface area contributed by atoms with Crippen molar-refractivity contribution in [3.8, 4) is 0 Å². The molecule has 0 aliphatic rings. The predicted octanol–water partition coefficient (Wildman–Crippen LogP) is 8.67. The molecular formula is C33H41N5. The van der Waals surface area contributed by atoms with E-state index in [0.29, 0.717) is 12.5 Å². The van der Waals surface area contributed by atoms with Crippen LogP contribution in [0.5, 0.6) is 0 Å². The molecule has 0 spiro atoms. The number of rotatable bonds is 10. The highest BCUT2D eigenvalue weighted by molar-refractivity contribution is 6.03. The van der Waals surface area contributed by atoms with Gasteiger partial charge in [0.05, 0.1) is 5.69 Å². The molecule has 0 saturated carbocycles. The normalized spacial score (nSPS) is 12.3. The van der Waals surface area contributed by atoms with Crippen molar-refractivity contribution in [1.82, 2.24) is 0 Å². The first-order chi connectivity index (χ1) is 18.1. The number of nitrogens with one attached hydrogen (secondary N) is 2. The van der Waals surface area contributed by atoms with Crippen LogP contribution in [0.15, 0.2) is 102 Å². The van der Waals surface area contributed by atoms with Gasteiger partial charge < -0.3 is 15.5 Å². The third-order valence-electron chi connectivity index (χ3n) is 6.44. The van der Waals surface area contributed by atoms with Crippen molar-refractivity contribution in [2.75, 3.05) is 22.2 Å². The topological polar surface area (TPSA) is 52.0 Å². The molecule has 2 N–H and O–H groups in total. The van der Waals surface area contributed by atoms with Gasteiger partial charge in [-0.1, -0.05) is 83.8 Å². The minimum absolute atomic E-state index is 0.0694. The third-order valence-corrected chi connectivity index (χ3v) is 6.44. The number of aliphatic imine (C=N–C) groups is 2. The Balaban J connectivity index is 1.89. The zero-order chi connectivity index (χ0) is 27.9. The Morgan fingerprint density at radius 1 is 0.947 bits per heavy atom. The lowest BCUT2D eigenvalue weighted by molar-refractivity contribution is 0.590. The summed E-state index contributed by atoms with van der Waals surface area (Å²) < 4.78 is 0. The largest absolute Gasteiger partial charge is 0.342 e. The highest BCUT2D eigenvalue weighted by Gasteiger charge is 2.16. The molecule has 0 saturated heterocycles. The number of hydrogen-bond donors (Lipinski definition) is 2. The number of hydrogen-bond acceptors (Lipinski definition) is 4. The third kappa shape index (κ3) is 7.00. The van der Waals surface area contributed by atoms with Crippen LogP contribution in [0, 0.1) is 0 Å². The van der Waals surface area contributed by atoms with Crippen LogP contribution < -0.4 is 15.5 Å². The quantitative estimate of drug-likeness (QED) is 0.213. The summed E-state index contributed by atoms with van der Waals surface area (Å²) in [7, 11) is 0. The van der Waals surface area contributed by atoms with Crippen molar-refractivity contribution in [2.24, 2.45) is 9.98 Å². The van der Waals surface area contributed by atoms with E-state index in [0.717, 1.165) is 45.8 Å². The number of aryl methyl sites for hydroxylation is 1. The van der Waals surface area contributed by atoms with Crippen LogP contribution in [-0.4, -0.2) is 18.2 Å². The van der Waals surface area contributed by atoms with Gasteiger partial charge in [0.25, 0.3) is 0 Å². The zero-order valence-electron chi connectivity index (χ0n) is 23.7. The first-order valence-electron chi connectivity index (χ1n) is 13.0. The van der Waals surface area contributed by atoms with Gasteiger partial charge in [-0.05, 0) is 67.3 Å². The molecule has 0 aliphatic heterocycles. The van der Waals surface area contributed by atoms with E-state index in [2.05, 4.69) is 111 Å². The van der Waals surface area contributed by atoms with Crippen molar-refractivity contribution in [2.45, 2.75) is 53.4 Å². The first kappa shape index (κ1) is 28.5. The van der Waals surface area contributed by atoms with Gasteiger partial charge in [-0.15, -0.1) is 0 Å². The molecule has 0 heterocycles. The van der Waals surface area contributed by atoms with Gasteiger partial charge in [-0.25, -0.2) is 9.98 Å². The van der Waals surface area contributed by atoms with Crippen LogP contribution in [0.3, 0.4) is 0 Å². The Morgan fingerprint density at radius 3 is 2.26 bits per heavy atom. The smallest absolute Gasteiger partial charge is 0.122 e. The molecule has 5 nitrogen and oxygen atoms in total. The van der Waals surface area contributed by atoms with E-state index >= 15 is 0 Å². The highest BCUT2D eigenvalue weighted by Crippen LogP contribution is 2.34. The van der Waals surface area contributed by atoms with Crippen LogP contribution in [0.25, 0.3) is 10.8 Å². The molecular weight excluding hydrogens is 466 g/mol. The molecule has 5 heteroatoms. The lowest BCUT2D eigenvalue weighted by atomic mass is 9.86. The molecule has 0 fully saturated rings. The van der Waals surface area contributed by atoms with E-state index in [1.807, 2.05) is 30.9 Å². The molecule has 198 valence electrons. The lowest BCUT2D eigenvalue weighted by Gasteiger charge is -2.23. The molecule has 0 radical (unpaired) electrons. The maximum Gasteiger partial charge on any atom is 0.122 e. The summed E-state index contributed by atoms with van der Waals surface area (Å²) in [4.78, 5) is 11.1. The Kier molecular flexibility index (Phi) is 9.30. The van der Waals surface area contributed by atoms with Gasteiger partial charge >= 0.3 is 0 Å². The maximum absolute atomic E-state index is 4.62. The number of amidine groups is 1. The molecule has 3 rings (SSSR count). The molecule has 0 atom stereocenters. The number of nitrogens with zero attached hydrogens (tertiary/aromatic N) is 3. The van der Waals surface area contributed by atoms with E-state index in [-0.39, 0.29) is 5.41 Å². The number of benzene rings is 3. The van der Waals surface area contributed by atoms with Gasteiger partial charge in [0, 0.05) is 27.9 Å². The molecule has 3 aromatic carbocycles. The summed E-state index contributed by atoms with van der Waals surface area (Å²) in [6, 6.07) is 19.1. The first-order valence-corrected chi connectivity index (χ1v) is 13.0. The minimum Gasteiger partial charge on any atom is -0.342 e. The van der Waals surface area contributed by atoms with Crippen LogP contribution in [-0.2, 0) is 11.8 Å². The van der Waals surface area contributed by atoms with E-state index in [1.165, 1.54) is 11.1 Å². The van der Waals surface area contributed by atoms with Gasteiger partial charge in [0.2, 0.25) is 0 Å². The average Bonchev–Trinajstić information content (AvgIpc) is 2.89. The van der Waals surface area contributed by atoms with E-state index in [4.69, 9.17) is 0 Å². The Hall–Kier alpha value is -4.12. The molecule has 0 aromatic heterocycles. The average molecular weight is 508 g/mol. The summed E-state index contributed by atoms with van der Waals surface area (Å²) >= 11 is 0. The second kappa shape index (κ2) is 12.4. The summed E-state index contributed by atoms with van der Waals surface area (Å²) in [5, 5.41) is 9.19. The molecule has 38 heavy (non-hydrogen) atoms. The summed E-state index contributed by atoms with van der Waals surface area (Å²) in [6.45, 7) is 25.1. The fourth-order valence-electron chi connectivity index (χ4n) is 4.21. The van der Waals surface area contributed by atoms with Gasteiger partial charge in [-0.2, -0.15) is 0 Å². The summed E-state index contributed by atoms with van der Waals surface area (Å²) in [5.74, 6) is 1.42. The number of anilines is 3.